The first-order chi connectivity index (χ1) is 8.90. The zero-order valence-corrected chi connectivity index (χ0v) is 10.5. The highest BCUT2D eigenvalue weighted by molar-refractivity contribution is 5.34. The number of ether oxygens (including phenoxy) is 1. The first kappa shape index (κ1) is 12.5. The molecular formula is C14H17N3O. The van der Waals surface area contributed by atoms with Gasteiger partial charge in [-0.15, -0.1) is 0 Å². The van der Waals surface area contributed by atoms with Crippen molar-refractivity contribution in [2.24, 2.45) is 0 Å². The highest BCUT2D eigenvalue weighted by atomic mass is 16.5. The summed E-state index contributed by atoms with van der Waals surface area (Å²) in [6.07, 6.45) is 8.04. The van der Waals surface area contributed by atoms with Crippen LogP contribution in [0.5, 0.6) is 11.5 Å². The second-order valence-corrected chi connectivity index (χ2v) is 3.95. The lowest BCUT2D eigenvalue weighted by Crippen LogP contribution is -2.14. The van der Waals surface area contributed by atoms with Crippen molar-refractivity contribution in [1.29, 1.82) is 0 Å². The Kier molecular flexibility index (Phi) is 4.67. The molecule has 4 heteroatoms. The van der Waals surface area contributed by atoms with Gasteiger partial charge < -0.3 is 10.1 Å². The minimum Gasteiger partial charge on any atom is -0.454 e. The molecule has 2 aromatic rings. The van der Waals surface area contributed by atoms with Crippen molar-refractivity contribution >= 4 is 0 Å². The molecule has 0 aromatic carbocycles. The van der Waals surface area contributed by atoms with Gasteiger partial charge in [0.1, 0.15) is 11.5 Å². The average molecular weight is 243 g/mol. The van der Waals surface area contributed by atoms with Gasteiger partial charge in [-0.2, -0.15) is 0 Å². The molecule has 0 unspecified atom stereocenters. The number of aromatic nitrogens is 2. The van der Waals surface area contributed by atoms with E-state index < -0.39 is 0 Å². The summed E-state index contributed by atoms with van der Waals surface area (Å²) in [4.78, 5) is 8.12. The van der Waals surface area contributed by atoms with Crippen molar-refractivity contribution in [3.05, 3.63) is 48.5 Å². The molecule has 0 saturated heterocycles. The number of nitrogens with one attached hydrogen (secondary N) is 1. The van der Waals surface area contributed by atoms with Gasteiger partial charge in [0.05, 0.1) is 12.4 Å². The Balaban J connectivity index is 2.07. The van der Waals surface area contributed by atoms with Gasteiger partial charge in [0.25, 0.3) is 0 Å². The molecule has 2 aromatic heterocycles. The summed E-state index contributed by atoms with van der Waals surface area (Å²) < 4.78 is 5.78. The predicted octanol–water partition coefficient (Wildman–Crippen LogP) is 2.77. The van der Waals surface area contributed by atoms with Crippen LogP contribution in [0.1, 0.15) is 18.9 Å². The maximum absolute atomic E-state index is 5.78. The second-order valence-electron chi connectivity index (χ2n) is 3.95. The molecule has 0 saturated carbocycles. The number of hydrogen-bond acceptors (Lipinski definition) is 4. The van der Waals surface area contributed by atoms with E-state index in [4.69, 9.17) is 4.74 Å². The number of hydrogen-bond donors (Lipinski definition) is 1. The lowest BCUT2D eigenvalue weighted by molar-refractivity contribution is 0.468. The zero-order valence-electron chi connectivity index (χ0n) is 10.5. The molecule has 0 spiro atoms. The zero-order chi connectivity index (χ0) is 12.6. The Bertz CT molecular complexity index is 473. The van der Waals surface area contributed by atoms with Crippen molar-refractivity contribution in [1.82, 2.24) is 15.3 Å². The van der Waals surface area contributed by atoms with Gasteiger partial charge >= 0.3 is 0 Å². The van der Waals surface area contributed by atoms with Crippen molar-refractivity contribution in [3.63, 3.8) is 0 Å². The third-order valence-corrected chi connectivity index (χ3v) is 2.47. The van der Waals surface area contributed by atoms with Crippen LogP contribution in [0.25, 0.3) is 0 Å². The predicted molar refractivity (Wildman–Crippen MR) is 70.5 cm³/mol. The molecule has 0 amide bonds. The standard InChI is InChI=1S/C14H17N3O/c1-2-6-15-9-12-5-8-17-11-14(12)18-13-4-3-7-16-10-13/h3-5,7-8,10-11,15H,2,6,9H2,1H3. The van der Waals surface area contributed by atoms with E-state index >= 15 is 0 Å². The molecule has 0 fully saturated rings. The van der Waals surface area contributed by atoms with E-state index in [1.54, 1.807) is 24.8 Å². The quantitative estimate of drug-likeness (QED) is 0.792. The van der Waals surface area contributed by atoms with Gasteiger partial charge in [0.2, 0.25) is 0 Å². The Hall–Kier alpha value is -1.94. The van der Waals surface area contributed by atoms with Gasteiger partial charge in [0, 0.05) is 24.5 Å². The molecule has 0 atom stereocenters. The molecule has 0 aliphatic heterocycles. The summed E-state index contributed by atoms with van der Waals surface area (Å²) in [7, 11) is 0. The van der Waals surface area contributed by atoms with Crippen LogP contribution in [0.15, 0.2) is 43.0 Å². The molecule has 0 aliphatic carbocycles. The highest BCUT2D eigenvalue weighted by Gasteiger charge is 2.04. The lowest BCUT2D eigenvalue weighted by Gasteiger charge is -2.10. The van der Waals surface area contributed by atoms with E-state index in [0.29, 0.717) is 0 Å². The minimum absolute atomic E-state index is 0.724. The topological polar surface area (TPSA) is 47.0 Å². The molecule has 0 radical (unpaired) electrons. The smallest absolute Gasteiger partial charge is 0.150 e. The van der Waals surface area contributed by atoms with Crippen LogP contribution < -0.4 is 10.1 Å². The molecule has 0 bridgehead atoms. The first-order valence-electron chi connectivity index (χ1n) is 6.11. The molecule has 18 heavy (non-hydrogen) atoms. The Morgan fingerprint density at radius 3 is 2.83 bits per heavy atom. The van der Waals surface area contributed by atoms with Crippen molar-refractivity contribution in [2.45, 2.75) is 19.9 Å². The van der Waals surface area contributed by atoms with E-state index in [-0.39, 0.29) is 0 Å². The third kappa shape index (κ3) is 3.53. The summed E-state index contributed by atoms with van der Waals surface area (Å²) in [5.74, 6) is 1.50. The lowest BCUT2D eigenvalue weighted by atomic mass is 10.2. The van der Waals surface area contributed by atoms with E-state index in [1.807, 2.05) is 18.2 Å². The second kappa shape index (κ2) is 6.71. The maximum Gasteiger partial charge on any atom is 0.150 e. The van der Waals surface area contributed by atoms with E-state index in [0.717, 1.165) is 36.6 Å². The van der Waals surface area contributed by atoms with Gasteiger partial charge in [-0.25, -0.2) is 0 Å². The highest BCUT2D eigenvalue weighted by Crippen LogP contribution is 2.23. The van der Waals surface area contributed by atoms with E-state index in [2.05, 4.69) is 22.2 Å². The SMILES string of the molecule is CCCNCc1ccncc1Oc1cccnc1. The van der Waals surface area contributed by atoms with Crippen LogP contribution in [0.2, 0.25) is 0 Å². The van der Waals surface area contributed by atoms with Crippen LogP contribution >= 0.6 is 0 Å². The summed E-state index contributed by atoms with van der Waals surface area (Å²) in [6, 6.07) is 5.69. The van der Waals surface area contributed by atoms with E-state index in [1.165, 1.54) is 0 Å². The Morgan fingerprint density at radius 1 is 1.17 bits per heavy atom. The largest absolute Gasteiger partial charge is 0.454 e. The number of rotatable bonds is 6. The fourth-order valence-electron chi connectivity index (χ4n) is 1.58. The van der Waals surface area contributed by atoms with Gasteiger partial charge in [0.15, 0.2) is 0 Å². The van der Waals surface area contributed by atoms with Crippen molar-refractivity contribution in [3.8, 4) is 11.5 Å². The first-order valence-corrected chi connectivity index (χ1v) is 6.11. The van der Waals surface area contributed by atoms with Crippen molar-refractivity contribution < 1.29 is 4.74 Å². The van der Waals surface area contributed by atoms with Crippen LogP contribution in [0, 0.1) is 0 Å². The molecule has 1 N–H and O–H groups in total. The minimum atomic E-state index is 0.724. The average Bonchev–Trinajstić information content (AvgIpc) is 2.42. The monoisotopic (exact) mass is 243 g/mol. The molecule has 0 aliphatic rings. The van der Waals surface area contributed by atoms with Gasteiger partial charge in [-0.1, -0.05) is 6.92 Å². The van der Waals surface area contributed by atoms with Crippen LogP contribution in [-0.4, -0.2) is 16.5 Å². The summed E-state index contributed by atoms with van der Waals surface area (Å²) in [5, 5.41) is 3.35. The van der Waals surface area contributed by atoms with Gasteiger partial charge in [-0.05, 0) is 31.2 Å². The van der Waals surface area contributed by atoms with Crippen molar-refractivity contribution in [2.75, 3.05) is 6.54 Å². The van der Waals surface area contributed by atoms with Crippen LogP contribution in [0.4, 0.5) is 0 Å². The summed E-state index contributed by atoms with van der Waals surface area (Å²) >= 11 is 0. The molecule has 4 nitrogen and oxygen atoms in total. The number of nitrogens with zero attached hydrogens (tertiary/aromatic N) is 2. The molecule has 94 valence electrons. The normalized spacial score (nSPS) is 10.3. The Labute approximate surface area is 107 Å². The summed E-state index contributed by atoms with van der Waals surface area (Å²) in [5.41, 5.74) is 1.10. The molecule has 2 heterocycles. The van der Waals surface area contributed by atoms with Gasteiger partial charge in [-0.3, -0.25) is 9.97 Å². The molecule has 2 rings (SSSR count). The Morgan fingerprint density at radius 2 is 2.06 bits per heavy atom. The van der Waals surface area contributed by atoms with Crippen LogP contribution in [0.3, 0.4) is 0 Å². The van der Waals surface area contributed by atoms with Crippen LogP contribution in [-0.2, 0) is 6.54 Å². The summed E-state index contributed by atoms with van der Waals surface area (Å²) in [6.45, 7) is 3.92. The number of pyridine rings is 2. The van der Waals surface area contributed by atoms with E-state index in [9.17, 15) is 0 Å². The molecular weight excluding hydrogens is 226 g/mol. The maximum atomic E-state index is 5.78. The fourth-order valence-corrected chi connectivity index (χ4v) is 1.58. The fraction of sp³-hybridized carbons (Fsp3) is 0.286. The third-order valence-electron chi connectivity index (χ3n) is 2.47.